The number of methoxy groups -OCH3 is 1. The molecule has 1 heterocycles. The second-order valence-corrected chi connectivity index (χ2v) is 5.72. The Morgan fingerprint density at radius 1 is 1.39 bits per heavy atom. The van der Waals surface area contributed by atoms with Crippen LogP contribution in [0.2, 0.25) is 0 Å². The highest BCUT2D eigenvalue weighted by atomic mass is 19.1. The fourth-order valence-corrected chi connectivity index (χ4v) is 2.47. The normalized spacial score (nSPS) is 10.5. The van der Waals surface area contributed by atoms with Gasteiger partial charge in [0.2, 0.25) is 5.91 Å². The van der Waals surface area contributed by atoms with Gasteiger partial charge in [-0.25, -0.2) is 9.37 Å². The van der Waals surface area contributed by atoms with Crippen LogP contribution in [-0.2, 0) is 11.3 Å². The van der Waals surface area contributed by atoms with Crippen LogP contribution in [0, 0.1) is 17.1 Å². The number of anilines is 1. The Labute approximate surface area is 163 Å². The highest BCUT2D eigenvalue weighted by molar-refractivity contribution is 5.79. The number of nitriles is 1. The largest absolute Gasteiger partial charge is 0.493 e. The molecular weight excluding hydrogens is 361 g/mol. The van der Waals surface area contributed by atoms with E-state index in [1.165, 1.54) is 25.6 Å². The van der Waals surface area contributed by atoms with Crippen LogP contribution in [0.1, 0.15) is 18.1 Å². The van der Waals surface area contributed by atoms with E-state index in [9.17, 15) is 9.18 Å². The molecule has 2 rings (SSSR count). The van der Waals surface area contributed by atoms with Gasteiger partial charge in [0.15, 0.2) is 11.6 Å². The van der Waals surface area contributed by atoms with Crippen molar-refractivity contribution >= 4 is 11.7 Å². The number of nitrogens with zero attached hydrogens (tertiary/aromatic N) is 3. The summed E-state index contributed by atoms with van der Waals surface area (Å²) < 4.78 is 18.7. The van der Waals surface area contributed by atoms with Crippen molar-refractivity contribution < 1.29 is 13.9 Å². The number of aromatic nitrogens is 1. The maximum atomic E-state index is 13.6. The lowest BCUT2D eigenvalue weighted by Gasteiger charge is -2.16. The maximum absolute atomic E-state index is 13.6. The molecule has 1 aromatic heterocycles. The number of amides is 1. The topological polar surface area (TPSA) is 90.3 Å². The summed E-state index contributed by atoms with van der Waals surface area (Å²) in [6.45, 7) is 2.95. The van der Waals surface area contributed by atoms with Crippen molar-refractivity contribution in [1.82, 2.24) is 15.6 Å². The summed E-state index contributed by atoms with van der Waals surface area (Å²) in [7, 11) is 1.40. The van der Waals surface area contributed by atoms with Crippen LogP contribution in [0.4, 0.5) is 10.2 Å². The Balaban J connectivity index is 1.82. The van der Waals surface area contributed by atoms with E-state index in [2.05, 4.69) is 15.6 Å². The van der Waals surface area contributed by atoms with Crippen LogP contribution >= 0.6 is 0 Å². The van der Waals surface area contributed by atoms with E-state index >= 15 is 0 Å². The summed E-state index contributed by atoms with van der Waals surface area (Å²) in [5.74, 6) is 0.160. The third-order valence-electron chi connectivity index (χ3n) is 3.86. The van der Waals surface area contributed by atoms with E-state index in [0.717, 1.165) is 0 Å². The van der Waals surface area contributed by atoms with Crippen LogP contribution in [0.5, 0.6) is 5.75 Å². The zero-order valence-electron chi connectivity index (χ0n) is 15.8. The Hall–Kier alpha value is -3.44. The molecule has 0 spiro atoms. The van der Waals surface area contributed by atoms with E-state index in [0.29, 0.717) is 30.0 Å². The number of hydrogen-bond acceptors (Lipinski definition) is 6. The standard InChI is InChI=1S/C20H22FN5O2/c1-3-26(18-8-7-15(11-22)12-25-18)10-9-24-19(27)14-23-13-16-5-4-6-17(21)20(16)28-2/h4-10,12,23H,3,13-14H2,1-2H3,(H,24,27)/b10-9+. The number of para-hydroxylation sites is 1. The van der Waals surface area contributed by atoms with E-state index in [1.807, 2.05) is 17.9 Å². The molecule has 0 bridgehead atoms. The first kappa shape index (κ1) is 20.9. The fraction of sp³-hybridized carbons (Fsp3) is 0.250. The molecule has 146 valence electrons. The van der Waals surface area contributed by atoms with Crippen LogP contribution in [0.3, 0.4) is 0 Å². The molecule has 0 fully saturated rings. The molecule has 0 unspecified atom stereocenters. The molecule has 8 heteroatoms. The minimum atomic E-state index is -0.440. The van der Waals surface area contributed by atoms with Gasteiger partial charge in [-0.05, 0) is 25.1 Å². The molecule has 0 aliphatic carbocycles. The lowest BCUT2D eigenvalue weighted by atomic mass is 10.2. The molecule has 0 saturated heterocycles. The van der Waals surface area contributed by atoms with Crippen LogP contribution in [-0.4, -0.2) is 31.1 Å². The predicted molar refractivity (Wildman–Crippen MR) is 104 cm³/mol. The average molecular weight is 383 g/mol. The molecule has 7 nitrogen and oxygen atoms in total. The van der Waals surface area contributed by atoms with Crippen LogP contribution in [0.25, 0.3) is 0 Å². The van der Waals surface area contributed by atoms with Crippen molar-refractivity contribution in [3.05, 3.63) is 65.9 Å². The first-order valence-corrected chi connectivity index (χ1v) is 8.70. The minimum Gasteiger partial charge on any atom is -0.493 e. The molecule has 0 atom stereocenters. The molecular formula is C20H22FN5O2. The van der Waals surface area contributed by atoms with Gasteiger partial charge in [0, 0.05) is 37.2 Å². The molecule has 0 saturated carbocycles. The van der Waals surface area contributed by atoms with Crippen LogP contribution in [0.15, 0.2) is 48.9 Å². The number of halogens is 1. The lowest BCUT2D eigenvalue weighted by Crippen LogP contribution is -2.31. The predicted octanol–water partition coefficient (Wildman–Crippen LogP) is 2.30. The summed E-state index contributed by atoms with van der Waals surface area (Å²) in [5, 5.41) is 14.4. The Bertz CT molecular complexity index is 862. The maximum Gasteiger partial charge on any atom is 0.237 e. The molecule has 1 aromatic carbocycles. The number of carbonyl (C=O) groups excluding carboxylic acids is 1. The first-order chi connectivity index (χ1) is 13.6. The Morgan fingerprint density at radius 3 is 2.86 bits per heavy atom. The zero-order chi connectivity index (χ0) is 20.4. The number of hydrogen-bond donors (Lipinski definition) is 2. The van der Waals surface area contributed by atoms with Crippen molar-refractivity contribution in [3.63, 3.8) is 0 Å². The first-order valence-electron chi connectivity index (χ1n) is 8.70. The average Bonchev–Trinajstić information content (AvgIpc) is 2.71. The molecule has 28 heavy (non-hydrogen) atoms. The summed E-state index contributed by atoms with van der Waals surface area (Å²) in [5.41, 5.74) is 1.12. The van der Waals surface area contributed by atoms with Gasteiger partial charge in [0.1, 0.15) is 11.9 Å². The SMILES string of the molecule is CCN(/C=C/NC(=O)CNCc1cccc(F)c1OC)c1ccc(C#N)cn1. The number of carbonyl (C=O) groups is 1. The molecule has 0 radical (unpaired) electrons. The summed E-state index contributed by atoms with van der Waals surface area (Å²) >= 11 is 0. The van der Waals surface area contributed by atoms with E-state index in [1.54, 1.807) is 30.5 Å². The van der Waals surface area contributed by atoms with Gasteiger partial charge in [-0.15, -0.1) is 0 Å². The van der Waals surface area contributed by atoms with Gasteiger partial charge in [-0.2, -0.15) is 5.26 Å². The third kappa shape index (κ3) is 5.79. The monoisotopic (exact) mass is 383 g/mol. The van der Waals surface area contributed by atoms with Crippen molar-refractivity contribution in [2.24, 2.45) is 0 Å². The van der Waals surface area contributed by atoms with Gasteiger partial charge in [0.25, 0.3) is 0 Å². The smallest absolute Gasteiger partial charge is 0.237 e. The second-order valence-electron chi connectivity index (χ2n) is 5.72. The molecule has 2 N–H and O–H groups in total. The van der Waals surface area contributed by atoms with Gasteiger partial charge >= 0.3 is 0 Å². The minimum absolute atomic E-state index is 0.0608. The number of nitrogens with one attached hydrogen (secondary N) is 2. The number of benzene rings is 1. The van der Waals surface area contributed by atoms with E-state index in [-0.39, 0.29) is 18.2 Å². The quantitative estimate of drug-likeness (QED) is 0.691. The van der Waals surface area contributed by atoms with Gasteiger partial charge < -0.3 is 20.3 Å². The zero-order valence-corrected chi connectivity index (χ0v) is 15.8. The molecule has 2 aromatic rings. The van der Waals surface area contributed by atoms with E-state index < -0.39 is 5.82 Å². The highest BCUT2D eigenvalue weighted by Gasteiger charge is 2.08. The van der Waals surface area contributed by atoms with Crippen molar-refractivity contribution in [2.75, 3.05) is 25.1 Å². The lowest BCUT2D eigenvalue weighted by molar-refractivity contribution is -0.119. The summed E-state index contributed by atoms with van der Waals surface area (Å²) in [6, 6.07) is 10.1. The van der Waals surface area contributed by atoms with Gasteiger partial charge in [0.05, 0.1) is 19.2 Å². The molecule has 0 aliphatic heterocycles. The van der Waals surface area contributed by atoms with Gasteiger partial charge in [-0.3, -0.25) is 4.79 Å². The van der Waals surface area contributed by atoms with Crippen molar-refractivity contribution in [2.45, 2.75) is 13.5 Å². The van der Waals surface area contributed by atoms with Gasteiger partial charge in [-0.1, -0.05) is 12.1 Å². The fourth-order valence-electron chi connectivity index (χ4n) is 2.47. The number of pyridine rings is 1. The van der Waals surface area contributed by atoms with Crippen LogP contribution < -0.4 is 20.3 Å². The molecule has 0 aliphatic rings. The summed E-state index contributed by atoms with van der Waals surface area (Å²) in [6.07, 6.45) is 4.72. The van der Waals surface area contributed by atoms with Crippen molar-refractivity contribution in [3.8, 4) is 11.8 Å². The van der Waals surface area contributed by atoms with Crippen molar-refractivity contribution in [1.29, 1.82) is 5.26 Å². The summed E-state index contributed by atoms with van der Waals surface area (Å²) in [4.78, 5) is 18.0. The Morgan fingerprint density at radius 2 is 2.21 bits per heavy atom. The highest BCUT2D eigenvalue weighted by Crippen LogP contribution is 2.21. The Kier molecular flexibility index (Phi) is 7.93. The second kappa shape index (κ2) is 10.6. The third-order valence-corrected chi connectivity index (χ3v) is 3.86. The molecule has 1 amide bonds. The number of rotatable bonds is 9. The van der Waals surface area contributed by atoms with E-state index in [4.69, 9.17) is 10.00 Å². The number of ether oxygens (including phenoxy) is 1.